The van der Waals surface area contributed by atoms with Crippen molar-refractivity contribution in [2.75, 3.05) is 4.90 Å². The van der Waals surface area contributed by atoms with Crippen molar-refractivity contribution in [3.8, 4) is 0 Å². The van der Waals surface area contributed by atoms with Crippen molar-refractivity contribution >= 4 is 17.5 Å². The van der Waals surface area contributed by atoms with Crippen LogP contribution in [-0.4, -0.2) is 28.9 Å². The van der Waals surface area contributed by atoms with Crippen LogP contribution in [0.3, 0.4) is 0 Å². The van der Waals surface area contributed by atoms with E-state index in [1.165, 1.54) is 12.1 Å². The van der Waals surface area contributed by atoms with Crippen LogP contribution in [-0.2, 0) is 22.3 Å². The first-order chi connectivity index (χ1) is 13.7. The van der Waals surface area contributed by atoms with Crippen LogP contribution in [0.15, 0.2) is 52.8 Å². The van der Waals surface area contributed by atoms with E-state index in [1.807, 2.05) is 0 Å². The Kier molecular flexibility index (Phi) is 4.32. The molecule has 2 atom stereocenters. The molecule has 0 N–H and O–H groups in total. The zero-order valence-electron chi connectivity index (χ0n) is 14.4. The minimum Gasteiger partial charge on any atom is -0.271 e. The molecule has 150 valence electrons. The maximum absolute atomic E-state index is 13.5. The number of amides is 2. The smallest absolute Gasteiger partial charge is 0.271 e. The lowest BCUT2D eigenvalue weighted by Crippen LogP contribution is -2.39. The molecule has 2 aromatic carbocycles. The topological polar surface area (TPSA) is 65.3 Å². The number of rotatable bonds is 3. The Balaban J connectivity index is 1.59. The van der Waals surface area contributed by atoms with Gasteiger partial charge in [-0.05, 0) is 29.8 Å². The first kappa shape index (κ1) is 19.0. The Morgan fingerprint density at radius 1 is 0.966 bits per heavy atom. The number of anilines is 1. The van der Waals surface area contributed by atoms with Gasteiger partial charge in [0.25, 0.3) is 11.8 Å². The minimum absolute atomic E-state index is 0.164. The zero-order valence-corrected chi connectivity index (χ0v) is 14.4. The van der Waals surface area contributed by atoms with Crippen LogP contribution < -0.4 is 4.90 Å². The second kappa shape index (κ2) is 6.61. The lowest BCUT2D eigenvalue weighted by atomic mass is 10.1. The van der Waals surface area contributed by atoms with Crippen LogP contribution in [0.25, 0.3) is 0 Å². The Labute approximate surface area is 160 Å². The van der Waals surface area contributed by atoms with Gasteiger partial charge in [-0.3, -0.25) is 14.6 Å². The molecule has 0 aliphatic carbocycles. The van der Waals surface area contributed by atoms with Crippen LogP contribution in [0.4, 0.5) is 27.6 Å². The maximum Gasteiger partial charge on any atom is 0.416 e. The third kappa shape index (κ3) is 3.22. The molecule has 2 heterocycles. The summed E-state index contributed by atoms with van der Waals surface area (Å²) in [4.78, 5) is 26.0. The average molecular weight is 410 g/mol. The van der Waals surface area contributed by atoms with E-state index in [1.54, 1.807) is 0 Å². The molecule has 2 aliphatic rings. The van der Waals surface area contributed by atoms with E-state index in [4.69, 9.17) is 0 Å². The Bertz CT molecular complexity index is 1040. The van der Waals surface area contributed by atoms with E-state index in [9.17, 15) is 31.5 Å². The summed E-state index contributed by atoms with van der Waals surface area (Å²) < 4.78 is 65.3. The first-order valence-electron chi connectivity index (χ1n) is 8.33. The van der Waals surface area contributed by atoms with Crippen LogP contribution in [0.5, 0.6) is 0 Å². The summed E-state index contributed by atoms with van der Waals surface area (Å²) in [5.74, 6) is -3.93. The number of fused-ring (bicyclic) bond motifs is 1. The molecule has 11 heteroatoms. The van der Waals surface area contributed by atoms with E-state index in [0.29, 0.717) is 11.0 Å². The summed E-state index contributed by atoms with van der Waals surface area (Å²) in [6, 6.07) is 4.64. The number of carbonyl (C=O) groups is 2. The average Bonchev–Trinajstić information content (AvgIpc) is 3.17. The normalized spacial score (nSPS) is 21.3. The standard InChI is InChI=1S/C18H11F5N4O2/c19-12-5-4-11(7-13(12)20)27-16(28)14-15(17(27)29)26(25-24-14)8-9-2-1-3-10(6-9)18(21,22)23/h1-7,14-15H,8H2/t14-,15-/m1/s1. The van der Waals surface area contributed by atoms with Gasteiger partial charge in [-0.25, -0.2) is 13.7 Å². The van der Waals surface area contributed by atoms with Gasteiger partial charge in [0.1, 0.15) is 0 Å². The Morgan fingerprint density at radius 3 is 2.41 bits per heavy atom. The molecule has 0 saturated carbocycles. The van der Waals surface area contributed by atoms with Gasteiger partial charge >= 0.3 is 6.18 Å². The first-order valence-corrected chi connectivity index (χ1v) is 8.33. The highest BCUT2D eigenvalue weighted by Crippen LogP contribution is 2.34. The quantitative estimate of drug-likeness (QED) is 0.575. The Morgan fingerprint density at radius 2 is 1.72 bits per heavy atom. The van der Waals surface area contributed by atoms with Gasteiger partial charge in [0.15, 0.2) is 23.7 Å². The molecule has 29 heavy (non-hydrogen) atoms. The SMILES string of the molecule is O=C1[C@@H]2N=NN(Cc3cccc(C(F)(F)F)c3)[C@H]2C(=O)N1c1ccc(F)c(F)c1. The second-order valence-electron chi connectivity index (χ2n) is 6.50. The molecule has 1 fully saturated rings. The van der Waals surface area contributed by atoms with E-state index in [2.05, 4.69) is 10.3 Å². The number of nitrogens with zero attached hydrogens (tertiary/aromatic N) is 4. The fraction of sp³-hybridized carbons (Fsp3) is 0.222. The van der Waals surface area contributed by atoms with Crippen molar-refractivity contribution < 1.29 is 31.5 Å². The van der Waals surface area contributed by atoms with Gasteiger partial charge < -0.3 is 0 Å². The van der Waals surface area contributed by atoms with Crippen LogP contribution in [0.1, 0.15) is 11.1 Å². The predicted molar refractivity (Wildman–Crippen MR) is 88.3 cm³/mol. The summed E-state index contributed by atoms with van der Waals surface area (Å²) in [6.45, 7) is -0.195. The predicted octanol–water partition coefficient (Wildman–Crippen LogP) is 3.48. The number of halogens is 5. The molecular weight excluding hydrogens is 399 g/mol. The molecule has 0 bridgehead atoms. The van der Waals surface area contributed by atoms with E-state index in [0.717, 1.165) is 29.3 Å². The molecule has 0 radical (unpaired) electrons. The molecule has 6 nitrogen and oxygen atoms in total. The number of hydrogen-bond acceptors (Lipinski definition) is 5. The molecular formula is C18H11F5N4O2. The highest BCUT2D eigenvalue weighted by molar-refractivity contribution is 6.25. The summed E-state index contributed by atoms with van der Waals surface area (Å²) in [7, 11) is 0. The second-order valence-corrected chi connectivity index (χ2v) is 6.50. The van der Waals surface area contributed by atoms with Gasteiger partial charge in [0.05, 0.1) is 17.8 Å². The van der Waals surface area contributed by atoms with Crippen molar-refractivity contribution in [1.82, 2.24) is 5.01 Å². The third-order valence-corrected chi connectivity index (χ3v) is 4.62. The molecule has 1 saturated heterocycles. The number of benzene rings is 2. The molecule has 0 aromatic heterocycles. The number of carbonyl (C=O) groups excluding carboxylic acids is 2. The highest BCUT2D eigenvalue weighted by atomic mass is 19.4. The van der Waals surface area contributed by atoms with E-state index in [-0.39, 0.29) is 17.8 Å². The van der Waals surface area contributed by atoms with Crippen molar-refractivity contribution in [2.45, 2.75) is 24.8 Å². The fourth-order valence-electron chi connectivity index (χ4n) is 3.27. The maximum atomic E-state index is 13.5. The van der Waals surface area contributed by atoms with Crippen molar-refractivity contribution in [1.29, 1.82) is 0 Å². The van der Waals surface area contributed by atoms with Crippen LogP contribution in [0.2, 0.25) is 0 Å². The Hall–Kier alpha value is -3.37. The van der Waals surface area contributed by atoms with Gasteiger partial charge in [0.2, 0.25) is 0 Å². The number of imide groups is 1. The van der Waals surface area contributed by atoms with E-state index >= 15 is 0 Å². The van der Waals surface area contributed by atoms with E-state index < -0.39 is 47.3 Å². The van der Waals surface area contributed by atoms with Gasteiger partial charge in [-0.1, -0.05) is 17.4 Å². The third-order valence-electron chi connectivity index (χ3n) is 4.62. The monoisotopic (exact) mass is 410 g/mol. The number of hydrogen-bond donors (Lipinski definition) is 0. The molecule has 2 aliphatic heterocycles. The lowest BCUT2D eigenvalue weighted by Gasteiger charge is -2.21. The zero-order chi connectivity index (χ0) is 20.9. The molecule has 0 spiro atoms. The van der Waals surface area contributed by atoms with Crippen LogP contribution >= 0.6 is 0 Å². The molecule has 2 aromatic rings. The lowest BCUT2D eigenvalue weighted by molar-refractivity contribution is -0.137. The summed E-state index contributed by atoms with van der Waals surface area (Å²) in [5.41, 5.74) is -0.812. The van der Waals surface area contributed by atoms with Crippen molar-refractivity contribution in [3.05, 3.63) is 65.2 Å². The van der Waals surface area contributed by atoms with Gasteiger partial charge in [0, 0.05) is 6.07 Å². The van der Waals surface area contributed by atoms with Gasteiger partial charge in [-0.2, -0.15) is 18.3 Å². The number of alkyl halides is 3. The summed E-state index contributed by atoms with van der Waals surface area (Å²) in [5, 5.41) is 8.60. The molecule has 0 unspecified atom stereocenters. The fourth-order valence-corrected chi connectivity index (χ4v) is 3.27. The molecule has 2 amide bonds. The van der Waals surface area contributed by atoms with Gasteiger partial charge in [-0.15, -0.1) is 0 Å². The molecule has 4 rings (SSSR count). The van der Waals surface area contributed by atoms with Crippen molar-refractivity contribution in [2.24, 2.45) is 10.3 Å². The highest BCUT2D eigenvalue weighted by Gasteiger charge is 2.54. The van der Waals surface area contributed by atoms with Crippen molar-refractivity contribution in [3.63, 3.8) is 0 Å². The summed E-state index contributed by atoms with van der Waals surface area (Å²) >= 11 is 0. The largest absolute Gasteiger partial charge is 0.416 e. The summed E-state index contributed by atoms with van der Waals surface area (Å²) in [6.07, 6.45) is -4.53. The van der Waals surface area contributed by atoms with Crippen LogP contribution in [0, 0.1) is 11.6 Å². The minimum atomic E-state index is -4.53.